The molecule has 4 rings (SSSR count). The predicted molar refractivity (Wildman–Crippen MR) is 126 cm³/mol. The molecule has 33 heavy (non-hydrogen) atoms. The second-order valence-electron chi connectivity index (χ2n) is 8.27. The lowest BCUT2D eigenvalue weighted by atomic mass is 10.0. The summed E-state index contributed by atoms with van der Waals surface area (Å²) in [4.78, 5) is 30.2. The standard InChI is InChI=1S/C27H28FN3O2/c28-24-14-8-7-13-23(24)20-30-15-17-31(18-16-30)27(33)25(19-21-9-3-1-4-10-21)29-26(32)22-11-5-2-6-12-22/h1-14,25H,15-20H2,(H,29,32)/t25-/m0/s1. The molecule has 1 saturated heterocycles. The van der Waals surface area contributed by atoms with Gasteiger partial charge in [0.15, 0.2) is 0 Å². The number of nitrogens with one attached hydrogen (secondary N) is 1. The van der Waals surface area contributed by atoms with E-state index in [1.54, 1.807) is 41.3 Å². The van der Waals surface area contributed by atoms with Gasteiger partial charge in [-0.05, 0) is 23.8 Å². The van der Waals surface area contributed by atoms with Crippen molar-refractivity contribution in [2.75, 3.05) is 26.2 Å². The van der Waals surface area contributed by atoms with Crippen molar-refractivity contribution in [1.29, 1.82) is 0 Å². The molecule has 170 valence electrons. The Balaban J connectivity index is 1.41. The summed E-state index contributed by atoms with van der Waals surface area (Å²) in [6.45, 7) is 2.92. The second kappa shape index (κ2) is 10.9. The zero-order chi connectivity index (χ0) is 23.0. The van der Waals surface area contributed by atoms with Gasteiger partial charge >= 0.3 is 0 Å². The Bertz CT molecular complexity index is 1070. The fourth-order valence-corrected chi connectivity index (χ4v) is 4.10. The Morgan fingerprint density at radius 2 is 1.42 bits per heavy atom. The Morgan fingerprint density at radius 1 is 0.818 bits per heavy atom. The molecule has 1 aliphatic heterocycles. The van der Waals surface area contributed by atoms with E-state index in [9.17, 15) is 14.0 Å². The van der Waals surface area contributed by atoms with Crippen LogP contribution in [0.1, 0.15) is 21.5 Å². The third-order valence-electron chi connectivity index (χ3n) is 5.96. The number of nitrogens with zero attached hydrogens (tertiary/aromatic N) is 2. The van der Waals surface area contributed by atoms with E-state index in [2.05, 4.69) is 10.2 Å². The van der Waals surface area contributed by atoms with Crippen LogP contribution in [0.3, 0.4) is 0 Å². The SMILES string of the molecule is O=C(N[C@@H](Cc1ccccc1)C(=O)N1CCN(Cc2ccccc2F)CC1)c1ccccc1. The summed E-state index contributed by atoms with van der Waals surface area (Å²) >= 11 is 0. The monoisotopic (exact) mass is 445 g/mol. The molecule has 6 heteroatoms. The normalized spacial score (nSPS) is 15.1. The summed E-state index contributed by atoms with van der Waals surface area (Å²) in [5, 5.41) is 2.94. The maximum Gasteiger partial charge on any atom is 0.251 e. The van der Waals surface area contributed by atoms with E-state index >= 15 is 0 Å². The smallest absolute Gasteiger partial charge is 0.251 e. The molecule has 0 aromatic heterocycles. The van der Waals surface area contributed by atoms with Gasteiger partial charge in [-0.2, -0.15) is 0 Å². The highest BCUT2D eigenvalue weighted by atomic mass is 19.1. The maximum atomic E-state index is 14.0. The van der Waals surface area contributed by atoms with E-state index in [4.69, 9.17) is 0 Å². The van der Waals surface area contributed by atoms with Crippen LogP contribution in [-0.2, 0) is 17.8 Å². The maximum absolute atomic E-state index is 14.0. The van der Waals surface area contributed by atoms with Gasteiger partial charge in [-0.15, -0.1) is 0 Å². The van der Waals surface area contributed by atoms with Crippen LogP contribution in [-0.4, -0.2) is 53.8 Å². The third-order valence-corrected chi connectivity index (χ3v) is 5.96. The van der Waals surface area contributed by atoms with Crippen LogP contribution in [0.5, 0.6) is 0 Å². The Kier molecular flexibility index (Phi) is 7.47. The van der Waals surface area contributed by atoms with Crippen LogP contribution in [0.4, 0.5) is 4.39 Å². The minimum atomic E-state index is -0.654. The molecule has 3 aromatic rings. The van der Waals surface area contributed by atoms with Gasteiger partial charge in [0, 0.05) is 50.3 Å². The largest absolute Gasteiger partial charge is 0.340 e. The van der Waals surface area contributed by atoms with Gasteiger partial charge in [-0.3, -0.25) is 14.5 Å². The molecule has 1 N–H and O–H groups in total. The highest BCUT2D eigenvalue weighted by Crippen LogP contribution is 2.14. The molecule has 1 atom stereocenters. The first-order chi connectivity index (χ1) is 16.1. The first kappa shape index (κ1) is 22.7. The number of hydrogen-bond acceptors (Lipinski definition) is 3. The number of hydrogen-bond donors (Lipinski definition) is 1. The van der Waals surface area contributed by atoms with Crippen LogP contribution in [0, 0.1) is 5.82 Å². The number of benzene rings is 3. The Labute approximate surface area is 193 Å². The molecule has 5 nitrogen and oxygen atoms in total. The van der Waals surface area contributed by atoms with E-state index in [0.717, 1.165) is 5.56 Å². The molecule has 3 aromatic carbocycles. The van der Waals surface area contributed by atoms with Crippen molar-refractivity contribution in [2.45, 2.75) is 19.0 Å². The molecule has 0 radical (unpaired) electrons. The average Bonchev–Trinajstić information content (AvgIpc) is 2.86. The zero-order valence-corrected chi connectivity index (χ0v) is 18.5. The molecule has 0 unspecified atom stereocenters. The first-order valence-electron chi connectivity index (χ1n) is 11.2. The molecule has 0 aliphatic carbocycles. The minimum absolute atomic E-state index is 0.0892. The van der Waals surface area contributed by atoms with Crippen LogP contribution in [0.15, 0.2) is 84.9 Å². The Morgan fingerprint density at radius 3 is 2.09 bits per heavy atom. The quantitative estimate of drug-likeness (QED) is 0.606. The molecule has 0 bridgehead atoms. The summed E-state index contributed by atoms with van der Waals surface area (Å²) in [6, 6.07) is 24.8. The molecule has 1 aliphatic rings. The van der Waals surface area contributed by atoms with Gasteiger partial charge in [-0.1, -0.05) is 66.7 Å². The number of amides is 2. The molecule has 2 amide bonds. The fraction of sp³-hybridized carbons (Fsp3) is 0.259. The van der Waals surface area contributed by atoms with Gasteiger partial charge in [0.25, 0.3) is 5.91 Å². The third kappa shape index (κ3) is 6.05. The van der Waals surface area contributed by atoms with Crippen molar-refractivity contribution in [2.24, 2.45) is 0 Å². The van der Waals surface area contributed by atoms with E-state index < -0.39 is 6.04 Å². The van der Waals surface area contributed by atoms with Gasteiger partial charge in [-0.25, -0.2) is 4.39 Å². The predicted octanol–water partition coefficient (Wildman–Crippen LogP) is 3.51. The lowest BCUT2D eigenvalue weighted by Crippen LogP contribution is -2.55. The van der Waals surface area contributed by atoms with E-state index in [0.29, 0.717) is 50.3 Å². The van der Waals surface area contributed by atoms with Crippen LogP contribution >= 0.6 is 0 Å². The van der Waals surface area contributed by atoms with Crippen molar-refractivity contribution < 1.29 is 14.0 Å². The first-order valence-corrected chi connectivity index (χ1v) is 11.2. The summed E-state index contributed by atoms with van der Waals surface area (Å²) in [5.74, 6) is -0.556. The van der Waals surface area contributed by atoms with Gasteiger partial charge in [0.05, 0.1) is 0 Å². The van der Waals surface area contributed by atoms with Gasteiger partial charge < -0.3 is 10.2 Å². The molecular formula is C27H28FN3O2. The van der Waals surface area contributed by atoms with Gasteiger partial charge in [0.1, 0.15) is 11.9 Å². The van der Waals surface area contributed by atoms with Crippen molar-refractivity contribution >= 4 is 11.8 Å². The van der Waals surface area contributed by atoms with Crippen molar-refractivity contribution in [3.63, 3.8) is 0 Å². The molecule has 0 spiro atoms. The summed E-state index contributed by atoms with van der Waals surface area (Å²) < 4.78 is 14.0. The van der Waals surface area contributed by atoms with Gasteiger partial charge in [0.2, 0.25) is 5.91 Å². The highest BCUT2D eigenvalue weighted by molar-refractivity contribution is 5.97. The number of rotatable bonds is 7. The molecule has 1 fully saturated rings. The average molecular weight is 446 g/mol. The molecular weight excluding hydrogens is 417 g/mol. The summed E-state index contributed by atoms with van der Waals surface area (Å²) in [7, 11) is 0. The van der Waals surface area contributed by atoms with Crippen LogP contribution < -0.4 is 5.32 Å². The second-order valence-corrected chi connectivity index (χ2v) is 8.27. The van der Waals surface area contributed by atoms with Crippen LogP contribution in [0.2, 0.25) is 0 Å². The van der Waals surface area contributed by atoms with Crippen molar-refractivity contribution in [1.82, 2.24) is 15.1 Å². The van der Waals surface area contributed by atoms with Crippen molar-refractivity contribution in [3.8, 4) is 0 Å². The van der Waals surface area contributed by atoms with Crippen LogP contribution in [0.25, 0.3) is 0 Å². The Hall–Kier alpha value is -3.51. The number of carbonyl (C=O) groups is 2. The van der Waals surface area contributed by atoms with E-state index in [1.807, 2.05) is 42.5 Å². The van der Waals surface area contributed by atoms with E-state index in [-0.39, 0.29) is 17.6 Å². The topological polar surface area (TPSA) is 52.7 Å². The minimum Gasteiger partial charge on any atom is -0.340 e. The number of piperazine rings is 1. The lowest BCUT2D eigenvalue weighted by molar-refractivity contribution is -0.135. The number of halogens is 1. The van der Waals surface area contributed by atoms with E-state index in [1.165, 1.54) is 6.07 Å². The fourth-order valence-electron chi connectivity index (χ4n) is 4.10. The molecule has 1 heterocycles. The lowest BCUT2D eigenvalue weighted by Gasteiger charge is -2.36. The highest BCUT2D eigenvalue weighted by Gasteiger charge is 2.29. The van der Waals surface area contributed by atoms with Crippen molar-refractivity contribution in [3.05, 3.63) is 107 Å². The number of carbonyl (C=O) groups excluding carboxylic acids is 2. The zero-order valence-electron chi connectivity index (χ0n) is 18.5. The summed E-state index contributed by atoms with van der Waals surface area (Å²) in [6.07, 6.45) is 0.424. The molecule has 0 saturated carbocycles. The summed E-state index contributed by atoms with van der Waals surface area (Å²) in [5.41, 5.74) is 2.18.